The molecule has 0 unspecified atom stereocenters. The van der Waals surface area contributed by atoms with E-state index in [0.29, 0.717) is 5.56 Å². The van der Waals surface area contributed by atoms with Gasteiger partial charge in [-0.3, -0.25) is 0 Å². The van der Waals surface area contributed by atoms with Gasteiger partial charge in [-0.1, -0.05) is 0 Å². The van der Waals surface area contributed by atoms with Gasteiger partial charge >= 0.3 is 0 Å². The Morgan fingerprint density at radius 2 is 2.08 bits per heavy atom. The van der Waals surface area contributed by atoms with Crippen molar-refractivity contribution in [3.05, 3.63) is 24.0 Å². The van der Waals surface area contributed by atoms with Crippen molar-refractivity contribution in [1.82, 2.24) is 4.98 Å². The van der Waals surface area contributed by atoms with E-state index in [4.69, 9.17) is 10.7 Å². The molecule has 0 radical (unpaired) electrons. The minimum Gasteiger partial charge on any atom is -0.367 e. The minimum atomic E-state index is -3.57. The summed E-state index contributed by atoms with van der Waals surface area (Å²) in [6.45, 7) is 3.14. The molecule has 3 nitrogen and oxygen atoms in total. The fourth-order valence-corrected chi connectivity index (χ4v) is 1.51. The van der Waals surface area contributed by atoms with E-state index in [-0.39, 0.29) is 0 Å². The van der Waals surface area contributed by atoms with Crippen LogP contribution in [0, 0.1) is 0 Å². The normalized spacial score (nSPS) is 13.2. The molecular formula is C7H10ClNO2S. The van der Waals surface area contributed by atoms with E-state index in [1.807, 2.05) is 0 Å². The van der Waals surface area contributed by atoms with E-state index in [2.05, 4.69) is 4.98 Å². The minimum absolute atomic E-state index is 0.664. The Balaban J connectivity index is 3.20. The molecule has 0 saturated heterocycles. The van der Waals surface area contributed by atoms with E-state index >= 15 is 0 Å². The molecule has 1 rings (SSSR count). The molecule has 1 N–H and O–H groups in total. The number of hydrogen-bond donors (Lipinski definition) is 1. The van der Waals surface area contributed by atoms with Gasteiger partial charge in [0.15, 0.2) is 0 Å². The predicted molar refractivity (Wildman–Crippen MR) is 48.6 cm³/mol. The number of aromatic nitrogens is 1. The summed E-state index contributed by atoms with van der Waals surface area (Å²) in [4.78, 5) is 2.78. The van der Waals surface area contributed by atoms with Crippen molar-refractivity contribution in [2.75, 3.05) is 0 Å². The lowest BCUT2D eigenvalue weighted by Crippen LogP contribution is -2.24. The molecule has 1 heterocycles. The lowest BCUT2D eigenvalue weighted by molar-refractivity contribution is 0.571. The Labute approximate surface area is 76.2 Å². The molecule has 0 aliphatic rings. The summed E-state index contributed by atoms with van der Waals surface area (Å²) in [5.41, 5.74) is 0.664. The average Bonchev–Trinajstić information content (AvgIpc) is 2.34. The standard InChI is InChI=1S/C7H10ClNO2S/c1-7(2,12(8,10)11)6-3-4-9-5-6/h3-5,9H,1-2H3. The highest BCUT2D eigenvalue weighted by atomic mass is 35.7. The van der Waals surface area contributed by atoms with Crippen LogP contribution < -0.4 is 0 Å². The summed E-state index contributed by atoms with van der Waals surface area (Å²) >= 11 is 0. The van der Waals surface area contributed by atoms with Crippen molar-refractivity contribution in [3.8, 4) is 0 Å². The molecule has 0 atom stereocenters. The van der Waals surface area contributed by atoms with Crippen molar-refractivity contribution >= 4 is 19.7 Å². The van der Waals surface area contributed by atoms with E-state index < -0.39 is 13.8 Å². The zero-order valence-corrected chi connectivity index (χ0v) is 8.41. The highest BCUT2D eigenvalue weighted by Crippen LogP contribution is 2.31. The molecule has 0 amide bonds. The Bertz CT molecular complexity index is 353. The fraction of sp³-hybridized carbons (Fsp3) is 0.429. The van der Waals surface area contributed by atoms with Crippen molar-refractivity contribution in [3.63, 3.8) is 0 Å². The molecule has 0 aromatic carbocycles. The predicted octanol–water partition coefficient (Wildman–Crippen LogP) is 1.82. The second-order valence-electron chi connectivity index (χ2n) is 3.05. The van der Waals surface area contributed by atoms with Crippen LogP contribution in [0.4, 0.5) is 0 Å². The van der Waals surface area contributed by atoms with Crippen LogP contribution >= 0.6 is 10.7 Å². The molecule has 68 valence electrons. The van der Waals surface area contributed by atoms with E-state index in [1.54, 1.807) is 32.3 Å². The first kappa shape index (κ1) is 9.61. The third-order valence-corrected chi connectivity index (χ3v) is 4.51. The van der Waals surface area contributed by atoms with Gasteiger partial charge in [-0.2, -0.15) is 0 Å². The van der Waals surface area contributed by atoms with Crippen LogP contribution in [0.2, 0.25) is 0 Å². The number of halogens is 1. The van der Waals surface area contributed by atoms with Gasteiger partial charge in [0.1, 0.15) is 4.75 Å². The van der Waals surface area contributed by atoms with Gasteiger partial charge in [-0.25, -0.2) is 8.42 Å². The Morgan fingerprint density at radius 3 is 2.42 bits per heavy atom. The molecule has 0 spiro atoms. The molecule has 12 heavy (non-hydrogen) atoms. The number of hydrogen-bond acceptors (Lipinski definition) is 2. The second-order valence-corrected chi connectivity index (χ2v) is 6.16. The smallest absolute Gasteiger partial charge is 0.241 e. The molecule has 0 aliphatic heterocycles. The van der Waals surface area contributed by atoms with Crippen molar-refractivity contribution in [2.45, 2.75) is 18.6 Å². The van der Waals surface area contributed by atoms with Crippen LogP contribution in [0.25, 0.3) is 0 Å². The largest absolute Gasteiger partial charge is 0.367 e. The van der Waals surface area contributed by atoms with Gasteiger partial charge in [0.2, 0.25) is 9.05 Å². The van der Waals surface area contributed by atoms with Crippen LogP contribution in [0.15, 0.2) is 18.5 Å². The maximum Gasteiger partial charge on any atom is 0.241 e. The summed E-state index contributed by atoms with van der Waals surface area (Å²) in [6.07, 6.45) is 3.29. The van der Waals surface area contributed by atoms with E-state index in [0.717, 1.165) is 0 Å². The van der Waals surface area contributed by atoms with Crippen molar-refractivity contribution in [1.29, 1.82) is 0 Å². The second kappa shape index (κ2) is 2.78. The topological polar surface area (TPSA) is 49.9 Å². The van der Waals surface area contributed by atoms with Crippen LogP contribution in [0.1, 0.15) is 19.4 Å². The Morgan fingerprint density at radius 1 is 1.50 bits per heavy atom. The highest BCUT2D eigenvalue weighted by molar-refractivity contribution is 8.14. The summed E-state index contributed by atoms with van der Waals surface area (Å²) in [5.74, 6) is 0. The lowest BCUT2D eigenvalue weighted by atomic mass is 10.1. The molecular weight excluding hydrogens is 198 g/mol. The Hall–Kier alpha value is -0.480. The lowest BCUT2D eigenvalue weighted by Gasteiger charge is -2.18. The van der Waals surface area contributed by atoms with Crippen LogP contribution in [0.3, 0.4) is 0 Å². The fourth-order valence-electron chi connectivity index (χ4n) is 0.839. The maximum absolute atomic E-state index is 11.1. The number of rotatable bonds is 2. The Kier molecular flexibility index (Phi) is 2.23. The summed E-state index contributed by atoms with van der Waals surface area (Å²) in [6, 6.07) is 1.69. The van der Waals surface area contributed by atoms with Gasteiger partial charge in [-0.15, -0.1) is 0 Å². The van der Waals surface area contributed by atoms with Gasteiger partial charge in [-0.05, 0) is 25.5 Å². The third kappa shape index (κ3) is 1.49. The number of nitrogens with one attached hydrogen (secondary N) is 1. The summed E-state index contributed by atoms with van der Waals surface area (Å²) in [7, 11) is 1.70. The first-order valence-corrected chi connectivity index (χ1v) is 5.74. The maximum atomic E-state index is 11.1. The van der Waals surface area contributed by atoms with Crippen molar-refractivity contribution < 1.29 is 8.42 Å². The summed E-state index contributed by atoms with van der Waals surface area (Å²) < 4.78 is 21.2. The number of aromatic amines is 1. The van der Waals surface area contributed by atoms with E-state index in [9.17, 15) is 8.42 Å². The van der Waals surface area contributed by atoms with Crippen LogP contribution in [-0.4, -0.2) is 13.4 Å². The third-order valence-electron chi connectivity index (χ3n) is 1.90. The first-order chi connectivity index (χ1) is 5.36. The van der Waals surface area contributed by atoms with E-state index in [1.165, 1.54) is 0 Å². The number of H-pyrrole nitrogens is 1. The van der Waals surface area contributed by atoms with Crippen LogP contribution in [0.5, 0.6) is 0 Å². The molecule has 0 fully saturated rings. The van der Waals surface area contributed by atoms with Gasteiger partial charge in [0.25, 0.3) is 0 Å². The van der Waals surface area contributed by atoms with Gasteiger partial charge in [0.05, 0.1) is 0 Å². The molecule has 0 saturated carbocycles. The van der Waals surface area contributed by atoms with Gasteiger partial charge in [0, 0.05) is 23.1 Å². The molecule has 1 aromatic heterocycles. The van der Waals surface area contributed by atoms with Gasteiger partial charge < -0.3 is 4.98 Å². The zero-order chi connectivity index (χ0) is 9.41. The first-order valence-electron chi connectivity index (χ1n) is 3.43. The highest BCUT2D eigenvalue weighted by Gasteiger charge is 2.34. The SMILES string of the molecule is CC(C)(c1cc[nH]c1)S(=O)(=O)Cl. The monoisotopic (exact) mass is 207 g/mol. The summed E-state index contributed by atoms with van der Waals surface area (Å²) in [5, 5.41) is 0. The van der Waals surface area contributed by atoms with Crippen molar-refractivity contribution in [2.24, 2.45) is 0 Å². The molecule has 1 aromatic rings. The zero-order valence-electron chi connectivity index (χ0n) is 6.83. The molecule has 0 bridgehead atoms. The average molecular weight is 208 g/mol. The molecule has 5 heteroatoms. The quantitative estimate of drug-likeness (QED) is 0.753. The molecule has 0 aliphatic carbocycles. The van der Waals surface area contributed by atoms with Crippen LogP contribution in [-0.2, 0) is 13.8 Å².